The van der Waals surface area contributed by atoms with Gasteiger partial charge < -0.3 is 19.5 Å². The molecule has 0 saturated carbocycles. The lowest BCUT2D eigenvalue weighted by Crippen LogP contribution is -2.27. The third-order valence-corrected chi connectivity index (χ3v) is 11.4. The Morgan fingerprint density at radius 3 is 1.03 bits per heavy atom. The molecule has 0 aromatic carbocycles. The molecule has 0 fully saturated rings. The van der Waals surface area contributed by atoms with Gasteiger partial charge in [0, 0.05) is 19.4 Å². The van der Waals surface area contributed by atoms with E-state index in [4.69, 9.17) is 9.47 Å². The predicted octanol–water partition coefficient (Wildman–Crippen LogP) is 15.9. The molecule has 0 aromatic rings. The van der Waals surface area contributed by atoms with E-state index in [2.05, 4.69) is 45.4 Å². The molecule has 0 rings (SSSR count). The van der Waals surface area contributed by atoms with Crippen LogP contribution in [-0.4, -0.2) is 61.4 Å². The van der Waals surface area contributed by atoms with Crippen molar-refractivity contribution in [1.82, 2.24) is 4.90 Å². The number of nitrogens with zero attached hydrogens (tertiary/aromatic N) is 1. The van der Waals surface area contributed by atoms with Crippen LogP contribution in [0.3, 0.4) is 0 Å². The van der Waals surface area contributed by atoms with Gasteiger partial charge in [0.1, 0.15) is 0 Å². The number of rotatable bonds is 44. The standard InChI is InChI=1S/C48H95NO5.C2H6.C2H2.CH4/c1-5-9-13-17-19-25-35-45(33-23-15-11-7-3)43-53-47(51)37-27-21-29-39-49(41-31-32-42-50)40-30-22-28-38-48(52)54-44-46(34-24-16-12-8-4)36-26-20-18-14-10-6-2;2*1-2;/h45-46,50H,5-44H2,1-4H3;1-2H3;1-2H;1H4. The van der Waals surface area contributed by atoms with E-state index in [0.29, 0.717) is 37.9 Å². The maximum Gasteiger partial charge on any atom is 0.305 e. The van der Waals surface area contributed by atoms with Crippen molar-refractivity contribution in [2.45, 2.75) is 267 Å². The van der Waals surface area contributed by atoms with Gasteiger partial charge in [-0.2, -0.15) is 0 Å². The molecule has 1 N–H and O–H groups in total. The van der Waals surface area contributed by atoms with Crippen LogP contribution in [0.5, 0.6) is 0 Å². The average Bonchev–Trinajstić information content (AvgIpc) is 3.24. The zero-order chi connectivity index (χ0) is 43.6. The first kappa shape index (κ1) is 64.1. The highest BCUT2D eigenvalue weighted by Crippen LogP contribution is 2.21. The van der Waals surface area contributed by atoms with Crippen molar-refractivity contribution in [1.29, 1.82) is 0 Å². The number of aliphatic hydroxyl groups excluding tert-OH is 1. The van der Waals surface area contributed by atoms with E-state index in [1.54, 1.807) is 0 Å². The molecule has 6 heteroatoms. The lowest BCUT2D eigenvalue weighted by Gasteiger charge is -2.22. The maximum absolute atomic E-state index is 12.6. The molecule has 2 unspecified atom stereocenters. The van der Waals surface area contributed by atoms with Crippen molar-refractivity contribution in [3.63, 3.8) is 0 Å². The first-order valence-corrected chi connectivity index (χ1v) is 25.5. The molecule has 0 aliphatic carbocycles. The van der Waals surface area contributed by atoms with E-state index in [1.165, 1.54) is 154 Å². The van der Waals surface area contributed by atoms with Gasteiger partial charge in [0.05, 0.1) is 13.2 Å². The van der Waals surface area contributed by atoms with E-state index >= 15 is 0 Å². The van der Waals surface area contributed by atoms with Gasteiger partial charge in [-0.05, 0) is 95.7 Å². The zero-order valence-electron chi connectivity index (χ0n) is 40.1. The van der Waals surface area contributed by atoms with E-state index in [1.807, 2.05) is 13.8 Å². The average molecular weight is 838 g/mol. The van der Waals surface area contributed by atoms with Crippen LogP contribution in [0, 0.1) is 24.7 Å². The summed E-state index contributed by atoms with van der Waals surface area (Å²) in [5.41, 5.74) is 0. The summed E-state index contributed by atoms with van der Waals surface area (Å²) in [6.07, 6.45) is 47.7. The predicted molar refractivity (Wildman–Crippen MR) is 260 cm³/mol. The Labute approximate surface area is 371 Å². The maximum atomic E-state index is 12.6. The van der Waals surface area contributed by atoms with Crippen LogP contribution < -0.4 is 0 Å². The van der Waals surface area contributed by atoms with Crippen molar-refractivity contribution in [2.75, 3.05) is 39.5 Å². The van der Waals surface area contributed by atoms with Crippen molar-refractivity contribution in [2.24, 2.45) is 11.8 Å². The van der Waals surface area contributed by atoms with Crippen LogP contribution in [-0.2, 0) is 19.1 Å². The number of carbonyl (C=O) groups is 2. The zero-order valence-corrected chi connectivity index (χ0v) is 40.1. The van der Waals surface area contributed by atoms with Gasteiger partial charge in [0.2, 0.25) is 0 Å². The summed E-state index contributed by atoms with van der Waals surface area (Å²) in [5.74, 6) is 1.00. The van der Waals surface area contributed by atoms with Crippen LogP contribution in [0.2, 0.25) is 0 Å². The number of aliphatic hydroxyl groups is 1. The molecule has 0 bridgehead atoms. The number of hydrogen-bond donors (Lipinski definition) is 1. The minimum Gasteiger partial charge on any atom is -0.465 e. The molecule has 0 amide bonds. The molecule has 0 saturated heterocycles. The number of esters is 2. The fraction of sp³-hybridized carbons (Fsp3) is 0.925. The Morgan fingerprint density at radius 2 is 0.712 bits per heavy atom. The first-order valence-electron chi connectivity index (χ1n) is 25.5. The van der Waals surface area contributed by atoms with Crippen LogP contribution in [0.4, 0.5) is 0 Å². The molecule has 0 heterocycles. The number of carbonyl (C=O) groups excluding carboxylic acids is 2. The van der Waals surface area contributed by atoms with Crippen molar-refractivity contribution < 1.29 is 24.2 Å². The molecule has 0 spiro atoms. The molecule has 0 radical (unpaired) electrons. The fourth-order valence-electron chi connectivity index (χ4n) is 7.68. The summed E-state index contributed by atoms with van der Waals surface area (Å²) in [6, 6.07) is 0. The molecule has 0 aliphatic heterocycles. The number of ether oxygens (including phenoxy) is 2. The molecule has 0 aromatic heterocycles. The van der Waals surface area contributed by atoms with Crippen molar-refractivity contribution >= 4 is 11.9 Å². The summed E-state index contributed by atoms with van der Waals surface area (Å²) in [7, 11) is 0. The SMILES string of the molecule is C.C#C.CC.CCCCCCCCC(CCCCCC)COC(=O)CCCCCN(CCCCO)CCCCCC(=O)OCC(CCCCCC)CCCCCCCC. The number of unbranched alkanes of at least 4 members (excludes halogenated alkanes) is 21. The van der Waals surface area contributed by atoms with Gasteiger partial charge in [-0.25, -0.2) is 0 Å². The van der Waals surface area contributed by atoms with Gasteiger partial charge in [0.15, 0.2) is 0 Å². The highest BCUT2D eigenvalue weighted by Gasteiger charge is 2.14. The Kier molecular flexibility index (Phi) is 61.2. The summed E-state index contributed by atoms with van der Waals surface area (Å²) in [6.45, 7) is 17.6. The Bertz CT molecular complexity index is 759. The third kappa shape index (κ3) is 50.7. The monoisotopic (exact) mass is 838 g/mol. The molecule has 354 valence electrons. The van der Waals surface area contributed by atoms with Crippen LogP contribution in [0.15, 0.2) is 0 Å². The van der Waals surface area contributed by atoms with Gasteiger partial charge in [-0.3, -0.25) is 9.59 Å². The van der Waals surface area contributed by atoms with Gasteiger partial charge >= 0.3 is 11.9 Å². The number of terminal acetylenes is 1. The quantitative estimate of drug-likeness (QED) is 0.0374. The highest BCUT2D eigenvalue weighted by molar-refractivity contribution is 5.69. The largest absolute Gasteiger partial charge is 0.465 e. The van der Waals surface area contributed by atoms with Gasteiger partial charge in [-0.15, -0.1) is 12.8 Å². The minimum atomic E-state index is -0.0184. The van der Waals surface area contributed by atoms with Gasteiger partial charge in [0.25, 0.3) is 0 Å². The third-order valence-electron chi connectivity index (χ3n) is 11.4. The number of hydrogen-bond acceptors (Lipinski definition) is 6. The summed E-state index contributed by atoms with van der Waals surface area (Å²) < 4.78 is 11.6. The smallest absolute Gasteiger partial charge is 0.305 e. The molecular weight excluding hydrogens is 731 g/mol. The molecule has 2 atom stereocenters. The van der Waals surface area contributed by atoms with Crippen LogP contribution >= 0.6 is 0 Å². The van der Waals surface area contributed by atoms with Crippen molar-refractivity contribution in [3.05, 3.63) is 0 Å². The van der Waals surface area contributed by atoms with Crippen LogP contribution in [0.1, 0.15) is 267 Å². The summed E-state index contributed by atoms with van der Waals surface area (Å²) in [5, 5.41) is 9.32. The lowest BCUT2D eigenvalue weighted by atomic mass is 9.95. The minimum absolute atomic E-state index is 0. The normalized spacial score (nSPS) is 11.8. The van der Waals surface area contributed by atoms with Crippen molar-refractivity contribution in [3.8, 4) is 12.8 Å². The van der Waals surface area contributed by atoms with Gasteiger partial charge in [-0.1, -0.05) is 190 Å². The Balaban J connectivity index is -0.00000292. The van der Waals surface area contributed by atoms with Crippen LogP contribution in [0.25, 0.3) is 0 Å². The fourth-order valence-corrected chi connectivity index (χ4v) is 7.68. The summed E-state index contributed by atoms with van der Waals surface area (Å²) in [4.78, 5) is 27.8. The molecule has 6 nitrogen and oxygen atoms in total. The van der Waals surface area contributed by atoms with E-state index in [9.17, 15) is 14.7 Å². The first-order chi connectivity index (χ1) is 28.5. The summed E-state index contributed by atoms with van der Waals surface area (Å²) >= 11 is 0. The Hall–Kier alpha value is -1.58. The molecular formula is C53H107NO5. The second-order valence-electron chi connectivity index (χ2n) is 16.8. The highest BCUT2D eigenvalue weighted by atomic mass is 16.5. The van der Waals surface area contributed by atoms with E-state index < -0.39 is 0 Å². The molecule has 59 heavy (non-hydrogen) atoms. The lowest BCUT2D eigenvalue weighted by molar-refractivity contribution is -0.146. The topological polar surface area (TPSA) is 76.1 Å². The molecule has 0 aliphatic rings. The second-order valence-corrected chi connectivity index (χ2v) is 16.8. The van der Waals surface area contributed by atoms with E-state index in [-0.39, 0.29) is 26.0 Å². The second kappa shape index (κ2) is 56.4. The van der Waals surface area contributed by atoms with E-state index in [0.717, 1.165) is 71.0 Å². The Morgan fingerprint density at radius 1 is 0.441 bits per heavy atom.